The highest BCUT2D eigenvalue weighted by atomic mass is 19.1. The number of methoxy groups -OCH3 is 1. The topological polar surface area (TPSA) is 125 Å². The predicted octanol–water partition coefficient (Wildman–Crippen LogP) is 2.62. The molecule has 4 rings (SSSR count). The third-order valence-electron chi connectivity index (χ3n) is 6.78. The van der Waals surface area contributed by atoms with Crippen molar-refractivity contribution in [1.82, 2.24) is 29.5 Å². The largest absolute Gasteiger partial charge is 0.491 e. The number of likely N-dealkylation sites (N-methyl/N-ethyl adjacent to an activating group) is 1. The van der Waals surface area contributed by atoms with Crippen molar-refractivity contribution >= 4 is 28.9 Å². The number of hydrogen-bond donors (Lipinski definition) is 2. The van der Waals surface area contributed by atoms with E-state index >= 15 is 0 Å². The second kappa shape index (κ2) is 14.2. The van der Waals surface area contributed by atoms with Gasteiger partial charge in [0.05, 0.1) is 43.7 Å². The number of anilines is 1. The van der Waals surface area contributed by atoms with Gasteiger partial charge < -0.3 is 24.1 Å². The van der Waals surface area contributed by atoms with Crippen LogP contribution in [0.4, 0.5) is 10.3 Å². The van der Waals surface area contributed by atoms with Crippen molar-refractivity contribution in [3.8, 4) is 5.75 Å². The van der Waals surface area contributed by atoms with E-state index in [9.17, 15) is 14.0 Å². The monoisotopic (exact) mass is 571 g/mol. The van der Waals surface area contributed by atoms with Crippen molar-refractivity contribution in [3.63, 3.8) is 0 Å². The minimum Gasteiger partial charge on any atom is -0.491 e. The molecule has 3 aromatic rings. The Hall–Kier alpha value is -3.81. The van der Waals surface area contributed by atoms with Gasteiger partial charge in [0.25, 0.3) is 5.91 Å². The minimum atomic E-state index is -0.682. The summed E-state index contributed by atoms with van der Waals surface area (Å²) in [7, 11) is 3.15. The van der Waals surface area contributed by atoms with Crippen molar-refractivity contribution < 1.29 is 28.2 Å². The highest BCUT2D eigenvalue weighted by molar-refractivity contribution is 6.04. The number of esters is 1. The van der Waals surface area contributed by atoms with Crippen LogP contribution in [0, 0.1) is 12.7 Å². The molecule has 1 saturated heterocycles. The molecule has 1 aliphatic heterocycles. The van der Waals surface area contributed by atoms with Gasteiger partial charge in [-0.05, 0) is 39.4 Å². The van der Waals surface area contributed by atoms with Crippen LogP contribution in [0.3, 0.4) is 0 Å². The number of rotatable bonds is 13. The first-order chi connectivity index (χ1) is 19.9. The molecule has 12 nitrogen and oxygen atoms in total. The number of nitrogens with one attached hydrogen (secondary N) is 2. The Balaban J connectivity index is 1.70. The summed E-state index contributed by atoms with van der Waals surface area (Å²) < 4.78 is 34.5. The van der Waals surface area contributed by atoms with Gasteiger partial charge in [0.15, 0.2) is 11.5 Å². The molecular weight excluding hydrogens is 533 g/mol. The summed E-state index contributed by atoms with van der Waals surface area (Å²) in [5.41, 5.74) is 1.24. The summed E-state index contributed by atoms with van der Waals surface area (Å²) in [5.74, 6) is -1.29. The van der Waals surface area contributed by atoms with E-state index in [4.69, 9.17) is 14.2 Å². The van der Waals surface area contributed by atoms with Gasteiger partial charge in [-0.2, -0.15) is 5.10 Å². The first kappa shape index (κ1) is 30.2. The molecule has 3 heterocycles. The molecule has 0 bridgehead atoms. The van der Waals surface area contributed by atoms with E-state index in [1.807, 2.05) is 19.2 Å². The van der Waals surface area contributed by atoms with Crippen molar-refractivity contribution in [2.45, 2.75) is 33.4 Å². The highest BCUT2D eigenvalue weighted by Gasteiger charge is 2.25. The van der Waals surface area contributed by atoms with Crippen LogP contribution in [0.15, 0.2) is 24.3 Å². The Kier molecular flexibility index (Phi) is 10.4. The number of amides is 1. The first-order valence-corrected chi connectivity index (χ1v) is 13.8. The Labute approximate surface area is 238 Å². The lowest BCUT2D eigenvalue weighted by Gasteiger charge is -2.26. The fraction of sp³-hybridized carbons (Fsp3) is 0.500. The number of allylic oxidation sites excluding steroid dienone is 1. The fourth-order valence-electron chi connectivity index (χ4n) is 4.69. The zero-order valence-electron chi connectivity index (χ0n) is 24.0. The predicted molar refractivity (Wildman–Crippen MR) is 152 cm³/mol. The van der Waals surface area contributed by atoms with Crippen LogP contribution in [0.5, 0.6) is 5.75 Å². The number of halogens is 1. The first-order valence-electron chi connectivity index (χ1n) is 13.8. The Morgan fingerprint density at radius 2 is 2.00 bits per heavy atom. The maximum atomic E-state index is 14.8. The molecule has 0 atom stereocenters. The molecule has 1 aromatic carbocycles. The number of benzene rings is 1. The van der Waals surface area contributed by atoms with Gasteiger partial charge in [-0.1, -0.05) is 12.2 Å². The smallest absolute Gasteiger partial charge is 0.338 e. The lowest BCUT2D eigenvalue weighted by Crippen LogP contribution is -2.37. The summed E-state index contributed by atoms with van der Waals surface area (Å²) in [6.45, 7) is 9.06. The third-order valence-corrected chi connectivity index (χ3v) is 6.78. The molecule has 1 amide bonds. The summed E-state index contributed by atoms with van der Waals surface area (Å²) in [5, 5.41) is 9.92. The molecule has 222 valence electrons. The van der Waals surface area contributed by atoms with Gasteiger partial charge in [-0.15, -0.1) is 0 Å². The van der Waals surface area contributed by atoms with E-state index in [1.54, 1.807) is 23.6 Å². The average molecular weight is 572 g/mol. The van der Waals surface area contributed by atoms with Gasteiger partial charge in [0, 0.05) is 39.3 Å². The van der Waals surface area contributed by atoms with Crippen LogP contribution < -0.4 is 15.4 Å². The van der Waals surface area contributed by atoms with Gasteiger partial charge in [-0.25, -0.2) is 14.2 Å². The summed E-state index contributed by atoms with van der Waals surface area (Å²) in [4.78, 5) is 32.7. The van der Waals surface area contributed by atoms with Crippen molar-refractivity contribution in [1.29, 1.82) is 0 Å². The highest BCUT2D eigenvalue weighted by Crippen LogP contribution is 2.32. The molecule has 0 spiro atoms. The molecule has 0 radical (unpaired) electrons. The van der Waals surface area contributed by atoms with Gasteiger partial charge in [0.2, 0.25) is 5.95 Å². The number of ether oxygens (including phenoxy) is 3. The zero-order chi connectivity index (χ0) is 29.4. The second-order valence-corrected chi connectivity index (χ2v) is 9.58. The van der Waals surface area contributed by atoms with E-state index in [1.165, 1.54) is 18.7 Å². The number of nitrogens with zero attached hydrogens (tertiary/aromatic N) is 5. The molecular formula is C28H38FN7O5. The lowest BCUT2D eigenvalue weighted by atomic mass is 10.2. The molecule has 1 fully saturated rings. The number of aryl methyl sites for hydroxylation is 2. The van der Waals surface area contributed by atoms with Crippen LogP contribution >= 0.6 is 0 Å². The second-order valence-electron chi connectivity index (χ2n) is 9.58. The number of fused-ring (bicyclic) bond motifs is 1. The van der Waals surface area contributed by atoms with E-state index in [-0.39, 0.29) is 22.9 Å². The average Bonchev–Trinajstić information content (AvgIpc) is 3.48. The molecule has 0 aliphatic carbocycles. The van der Waals surface area contributed by atoms with Crippen molar-refractivity contribution in [2.75, 3.05) is 65.5 Å². The van der Waals surface area contributed by atoms with Gasteiger partial charge in [-0.3, -0.25) is 19.7 Å². The zero-order valence-corrected chi connectivity index (χ0v) is 24.0. The molecule has 2 N–H and O–H groups in total. The molecule has 13 heteroatoms. The maximum Gasteiger partial charge on any atom is 0.338 e. The standard InChI is InChI=1S/C28H38FN7O5/c1-5-36-25(23(29)19(2)33-36)26(37)32-28-31-21-17-20(27(38)39-4)18-22(24(21)35(28)11-7-6-9-30-3)41-14-8-10-34-12-15-40-16-13-34/h6-7,17-18,30H,5,8-16H2,1-4H3,(H,31,32,37)/b7-6+. The number of carbonyl (C=O) groups is 2. The number of hydrogen-bond acceptors (Lipinski definition) is 9. The molecule has 1 aliphatic rings. The van der Waals surface area contributed by atoms with Crippen LogP contribution in [-0.2, 0) is 22.6 Å². The van der Waals surface area contributed by atoms with Crippen LogP contribution in [-0.4, -0.2) is 96.3 Å². The van der Waals surface area contributed by atoms with E-state index in [2.05, 4.69) is 25.6 Å². The van der Waals surface area contributed by atoms with Crippen LogP contribution in [0.1, 0.15) is 39.9 Å². The summed E-state index contributed by atoms with van der Waals surface area (Å²) in [6.07, 6.45) is 4.63. The van der Waals surface area contributed by atoms with Gasteiger partial charge >= 0.3 is 5.97 Å². The van der Waals surface area contributed by atoms with E-state index in [0.29, 0.717) is 43.0 Å². The number of aromatic nitrogens is 4. The number of imidazole rings is 1. The maximum absolute atomic E-state index is 14.8. The van der Waals surface area contributed by atoms with Gasteiger partial charge in [0.1, 0.15) is 11.3 Å². The fourth-order valence-corrected chi connectivity index (χ4v) is 4.69. The SMILES string of the molecule is CCn1nc(C)c(F)c1C(=O)Nc1nc2cc(C(=O)OC)cc(OCCCN3CCOCC3)c2n1C/C=C/CNC. The normalized spacial score (nSPS) is 14.2. The van der Waals surface area contributed by atoms with Crippen LogP contribution in [0.25, 0.3) is 11.0 Å². The summed E-state index contributed by atoms with van der Waals surface area (Å²) >= 11 is 0. The minimum absolute atomic E-state index is 0.135. The molecule has 2 aromatic heterocycles. The molecule has 41 heavy (non-hydrogen) atoms. The number of carbonyl (C=O) groups excluding carboxylic acids is 2. The van der Waals surface area contributed by atoms with Crippen molar-refractivity contribution in [2.24, 2.45) is 0 Å². The third kappa shape index (κ3) is 7.10. The molecule has 0 unspecified atom stereocenters. The van der Waals surface area contributed by atoms with Crippen LogP contribution in [0.2, 0.25) is 0 Å². The Morgan fingerprint density at radius 3 is 2.71 bits per heavy atom. The van der Waals surface area contributed by atoms with Crippen molar-refractivity contribution in [3.05, 3.63) is 47.1 Å². The quantitative estimate of drug-likeness (QED) is 0.181. The summed E-state index contributed by atoms with van der Waals surface area (Å²) in [6, 6.07) is 3.21. The Morgan fingerprint density at radius 1 is 1.22 bits per heavy atom. The Bertz CT molecular complexity index is 1390. The number of morpholine rings is 1. The lowest BCUT2D eigenvalue weighted by molar-refractivity contribution is 0.0358. The van der Waals surface area contributed by atoms with E-state index < -0.39 is 17.7 Å². The van der Waals surface area contributed by atoms with E-state index in [0.717, 1.165) is 39.3 Å². The molecule has 0 saturated carbocycles.